The average Bonchev–Trinajstić information content (AvgIpc) is 1.37. The fourth-order valence-corrected chi connectivity index (χ4v) is 0. The smallest absolute Gasteiger partial charge is 0.0122 e. The van der Waals surface area contributed by atoms with Gasteiger partial charge in [-0.25, -0.2) is 0 Å². The Bertz CT molecular complexity index is 9.61. The van der Waals surface area contributed by atoms with Crippen LogP contribution in [0, 0.1) is 29.9 Å². The third-order valence-corrected chi connectivity index (χ3v) is 0.0238. The fourth-order valence-electron chi connectivity index (χ4n) is 0. The zero-order chi connectivity index (χ0) is 3.41. The molecule has 0 aromatic rings. The van der Waals surface area contributed by atoms with E-state index in [4.69, 9.17) is 0 Å². The van der Waals surface area contributed by atoms with Crippen molar-refractivity contribution in [3.05, 3.63) is 0 Å². The van der Waals surface area contributed by atoms with E-state index in [9.17, 15) is 9.05 Å². The Balaban J connectivity index is 0. The van der Waals surface area contributed by atoms with Gasteiger partial charge in [-0.05, 0) is 9.05 Å². The summed E-state index contributed by atoms with van der Waals surface area (Å²) < 4.78 is 19.2. The zero-order valence-corrected chi connectivity index (χ0v) is 5.74. The molecule has 0 rings (SSSR count). The Morgan fingerprint density at radius 3 is 1.20 bits per heavy atom. The van der Waals surface area contributed by atoms with Gasteiger partial charge < -0.3 is 0 Å². The molecule has 0 spiro atoms. The molecule has 0 saturated carbocycles. The van der Waals surface area contributed by atoms with E-state index in [2.05, 4.69) is 0 Å². The molecule has 0 aromatic heterocycles. The molecule has 0 aliphatic carbocycles. The fraction of sp³-hybridized carbons (Fsp3) is 0. The predicted molar refractivity (Wildman–Crippen MR) is 4.39 cm³/mol. The minimum absolute atomic E-state index is 0. The van der Waals surface area contributed by atoms with Gasteiger partial charge in [0.25, 0.3) is 0 Å². The van der Waals surface area contributed by atoms with Gasteiger partial charge in [-0.3, -0.25) is 0 Å². The first-order valence-corrected chi connectivity index (χ1v) is 0.475. The molecule has 1 radical (unpaired) electrons. The molecule has 0 atom stereocenters. The number of halogens is 2. The SMILES string of the molecule is FOOF.[Np]. The van der Waals surface area contributed by atoms with Crippen molar-refractivity contribution < 1.29 is 49.2 Å². The van der Waals surface area contributed by atoms with Gasteiger partial charge in [0.2, 0.25) is 0 Å². The molecule has 0 N–H and O–H groups in total. The Kier molecular flexibility index (Phi) is 16.4. The molecule has 0 amide bonds. The van der Waals surface area contributed by atoms with Crippen LogP contribution in [0.15, 0.2) is 0 Å². The molecule has 2 nitrogen and oxygen atoms in total. The third kappa shape index (κ3) is 11.6. The van der Waals surface area contributed by atoms with Crippen molar-refractivity contribution in [1.29, 1.82) is 0 Å². The monoisotopic (exact) mass is 306 g/mol. The van der Waals surface area contributed by atoms with Gasteiger partial charge in [-0.1, -0.05) is 0 Å². The van der Waals surface area contributed by atoms with Crippen LogP contribution in [0.25, 0.3) is 0 Å². The van der Waals surface area contributed by atoms with Gasteiger partial charge in [0.1, 0.15) is 0 Å². The normalized spacial score (nSPS) is 6.00. The zero-order valence-electron chi connectivity index (χ0n) is 2.02. The first-order valence-electron chi connectivity index (χ1n) is 0.475. The number of rotatable bonds is 1. The van der Waals surface area contributed by atoms with E-state index < -0.39 is 0 Å². The van der Waals surface area contributed by atoms with Crippen molar-refractivity contribution in [3.63, 3.8) is 0 Å². The Hall–Kier alpha value is 0.793. The first kappa shape index (κ1) is 9.25. The maximum Gasteiger partial charge on any atom is 0.0122 e. The van der Waals surface area contributed by atoms with Crippen LogP contribution in [0.3, 0.4) is 0 Å². The van der Waals surface area contributed by atoms with Crippen molar-refractivity contribution in [2.24, 2.45) is 0 Å². The number of hydrogen-bond donors (Lipinski definition) is 0. The van der Waals surface area contributed by atoms with Crippen molar-refractivity contribution in [2.45, 2.75) is 0 Å². The van der Waals surface area contributed by atoms with E-state index >= 15 is 0 Å². The van der Waals surface area contributed by atoms with Crippen LogP contribution in [-0.4, -0.2) is 0 Å². The van der Waals surface area contributed by atoms with Gasteiger partial charge in [-0.2, -0.15) is 0 Å². The maximum atomic E-state index is 9.62. The summed E-state index contributed by atoms with van der Waals surface area (Å²) in [5, 5.41) is 3.75. The molecular weight excluding hydrogens is 307 g/mol. The topological polar surface area (TPSA) is 18.5 Å². The minimum atomic E-state index is 0. The number of hydrogen-bond acceptors (Lipinski definition) is 2. The quantitative estimate of drug-likeness (QED) is 0.525. The van der Waals surface area contributed by atoms with Crippen molar-refractivity contribution in [1.82, 2.24) is 0 Å². The van der Waals surface area contributed by atoms with E-state index in [-0.39, 0.29) is 29.9 Å². The van der Waals surface area contributed by atoms with Gasteiger partial charge in [0, 0.05) is 40.1 Å². The van der Waals surface area contributed by atoms with Crippen molar-refractivity contribution in [2.75, 3.05) is 0 Å². The second-order valence-corrected chi connectivity index (χ2v) is 0.126. The summed E-state index contributed by atoms with van der Waals surface area (Å²) in [6, 6.07) is 0. The standard InChI is InChI=1S/F2O2.Np/c1-3-4-2;. The summed E-state index contributed by atoms with van der Waals surface area (Å²) in [6.07, 6.45) is 0. The van der Waals surface area contributed by atoms with E-state index in [0.717, 1.165) is 0 Å². The van der Waals surface area contributed by atoms with E-state index in [1.165, 1.54) is 0 Å². The van der Waals surface area contributed by atoms with Crippen LogP contribution in [0.2, 0.25) is 0 Å². The summed E-state index contributed by atoms with van der Waals surface area (Å²) in [6.45, 7) is 0. The molecular formula is F2NpO2. The van der Waals surface area contributed by atoms with Crippen LogP contribution in [0.1, 0.15) is 0 Å². The largest absolute Gasteiger partial charge is 0.0122 e. The van der Waals surface area contributed by atoms with Crippen LogP contribution in [0.5, 0.6) is 0 Å². The predicted octanol–water partition coefficient (Wildman–Crippen LogP) is 0.704. The van der Waals surface area contributed by atoms with Crippen LogP contribution < -0.4 is 0 Å². The van der Waals surface area contributed by atoms with E-state index in [1.807, 2.05) is 10.2 Å². The Labute approximate surface area is 49.4 Å². The molecule has 0 bridgehead atoms. The molecule has 31 valence electrons. The van der Waals surface area contributed by atoms with Gasteiger partial charge in [0.15, 0.2) is 0 Å². The van der Waals surface area contributed by atoms with Crippen molar-refractivity contribution >= 4 is 0 Å². The Morgan fingerprint density at radius 1 is 1.00 bits per heavy atom. The molecule has 0 fully saturated rings. The molecule has 0 unspecified atom stereocenters. The summed E-state index contributed by atoms with van der Waals surface area (Å²) in [5.41, 5.74) is 0. The van der Waals surface area contributed by atoms with Gasteiger partial charge in [0.05, 0.1) is 0 Å². The summed E-state index contributed by atoms with van der Waals surface area (Å²) >= 11 is 0. The molecule has 0 heterocycles. The minimum Gasteiger partial charge on any atom is -0.0122 e. The van der Waals surface area contributed by atoms with Crippen LogP contribution in [0.4, 0.5) is 9.05 Å². The molecule has 0 saturated heterocycles. The Morgan fingerprint density at radius 2 is 1.20 bits per heavy atom. The molecule has 5 heavy (non-hydrogen) atoms. The van der Waals surface area contributed by atoms with Crippen molar-refractivity contribution in [3.8, 4) is 0 Å². The molecule has 5 heteroatoms. The average molecular weight is 307 g/mol. The first-order chi connectivity index (χ1) is 1.91. The summed E-state index contributed by atoms with van der Waals surface area (Å²) in [7, 11) is 0. The third-order valence-electron chi connectivity index (χ3n) is 0.0238. The van der Waals surface area contributed by atoms with E-state index in [0.29, 0.717) is 0 Å². The van der Waals surface area contributed by atoms with Crippen LogP contribution >= 0.6 is 0 Å². The van der Waals surface area contributed by atoms with Gasteiger partial charge in [-0.15, -0.1) is 0 Å². The van der Waals surface area contributed by atoms with Crippen LogP contribution in [-0.2, 0) is 10.2 Å². The van der Waals surface area contributed by atoms with Gasteiger partial charge >= 0.3 is 0 Å². The molecule has 0 aliphatic heterocycles. The molecule has 0 aromatic carbocycles. The second-order valence-electron chi connectivity index (χ2n) is 0.126. The summed E-state index contributed by atoms with van der Waals surface area (Å²) in [5.74, 6) is 0. The summed E-state index contributed by atoms with van der Waals surface area (Å²) in [4.78, 5) is 0. The maximum absolute atomic E-state index is 9.62. The van der Waals surface area contributed by atoms with E-state index in [1.54, 1.807) is 0 Å². The molecule has 0 aliphatic rings. The second kappa shape index (κ2) is 8.84.